The number of carbonyl (C=O) groups is 1. The lowest BCUT2D eigenvalue weighted by Crippen LogP contribution is -2.22. The van der Waals surface area contributed by atoms with Crippen LogP contribution in [0.1, 0.15) is 12.1 Å². The maximum absolute atomic E-state index is 11.1. The Hall–Kier alpha value is -2.12. The minimum absolute atomic E-state index is 0.114. The third kappa shape index (κ3) is 1.60. The van der Waals surface area contributed by atoms with E-state index in [0.29, 0.717) is 11.4 Å². The second-order valence-corrected chi connectivity index (χ2v) is 2.86. The van der Waals surface area contributed by atoms with Crippen LogP contribution in [0.25, 0.3) is 0 Å². The summed E-state index contributed by atoms with van der Waals surface area (Å²) in [5.41, 5.74) is 6.17. The zero-order valence-corrected chi connectivity index (χ0v) is 7.84. The maximum atomic E-state index is 11.1. The molecule has 8 nitrogen and oxygen atoms in total. The number of ether oxygens (including phenoxy) is 1. The number of nitrogens with zero attached hydrogens (tertiary/aromatic N) is 3. The molecule has 15 heavy (non-hydrogen) atoms. The molecule has 0 radical (unpaired) electrons. The molecule has 1 aromatic heterocycles. The average molecular weight is 212 g/mol. The molecular weight excluding hydrogens is 204 g/mol. The Bertz CT molecular complexity index is 413. The first-order valence-corrected chi connectivity index (χ1v) is 4.11. The maximum Gasteiger partial charge on any atom is 0.350 e. The van der Waals surface area contributed by atoms with Crippen molar-refractivity contribution in [2.45, 2.75) is 12.5 Å². The number of methoxy groups -OCH3 is 1. The minimum Gasteiger partial charge on any atom is -0.466 e. The van der Waals surface area contributed by atoms with Crippen LogP contribution in [0.5, 0.6) is 0 Å². The van der Waals surface area contributed by atoms with E-state index in [1.54, 1.807) is 0 Å². The van der Waals surface area contributed by atoms with Crippen LogP contribution in [0, 0.1) is 0 Å². The number of carbonyl (C=O) groups excluding carboxylic acids is 1. The lowest BCUT2D eigenvalue weighted by atomic mass is 10.1. The van der Waals surface area contributed by atoms with Crippen LogP contribution in [0.3, 0.4) is 0 Å². The predicted molar refractivity (Wildman–Crippen MR) is 46.8 cm³/mol. The molecular formula is C7H8N4O4. The van der Waals surface area contributed by atoms with Crippen LogP contribution in [0.2, 0.25) is 0 Å². The Balaban J connectivity index is 2.10. The smallest absolute Gasteiger partial charge is 0.350 e. The summed E-state index contributed by atoms with van der Waals surface area (Å²) in [6.07, 6.45) is -0.508. The molecule has 2 N–H and O–H groups in total. The Labute approximate surface area is 84.0 Å². The van der Waals surface area contributed by atoms with Crippen LogP contribution in [-0.4, -0.2) is 35.2 Å². The molecule has 0 fully saturated rings. The largest absolute Gasteiger partial charge is 0.466 e. The first kappa shape index (κ1) is 9.44. The van der Waals surface area contributed by atoms with Crippen molar-refractivity contribution in [1.29, 1.82) is 0 Å². The van der Waals surface area contributed by atoms with E-state index in [4.69, 9.17) is 10.6 Å². The van der Waals surface area contributed by atoms with Crippen LogP contribution < -0.4 is 5.73 Å². The van der Waals surface area contributed by atoms with E-state index < -0.39 is 12.1 Å². The Kier molecular flexibility index (Phi) is 2.24. The van der Waals surface area contributed by atoms with Gasteiger partial charge in [-0.2, -0.15) is 0 Å². The minimum atomic E-state index is -0.749. The van der Waals surface area contributed by atoms with Gasteiger partial charge in [-0.15, -0.1) is 0 Å². The Morgan fingerprint density at radius 1 is 1.60 bits per heavy atom. The molecule has 8 heteroatoms. The van der Waals surface area contributed by atoms with Gasteiger partial charge in [0, 0.05) is 6.42 Å². The van der Waals surface area contributed by atoms with E-state index in [9.17, 15) is 4.79 Å². The highest BCUT2D eigenvalue weighted by atomic mass is 16.7. The number of hydrogen-bond acceptors (Lipinski definition) is 8. The van der Waals surface area contributed by atoms with Gasteiger partial charge in [0.1, 0.15) is 5.71 Å². The summed E-state index contributed by atoms with van der Waals surface area (Å²) in [6, 6.07) is 0. The molecule has 0 saturated heterocycles. The number of hydrogen-bond donors (Lipinski definition) is 1. The van der Waals surface area contributed by atoms with Crippen molar-refractivity contribution in [3.8, 4) is 0 Å². The zero-order valence-electron chi connectivity index (χ0n) is 7.84. The fourth-order valence-corrected chi connectivity index (χ4v) is 1.17. The molecule has 2 rings (SSSR count). The number of aromatic nitrogens is 2. The summed E-state index contributed by atoms with van der Waals surface area (Å²) >= 11 is 0. The molecule has 0 spiro atoms. The van der Waals surface area contributed by atoms with E-state index in [-0.39, 0.29) is 12.2 Å². The standard InChI is InChI=1S/C7H8N4O4/c1-13-7(12)4-2-3(9-14-4)5-6(8)11-15-10-5/h4H,2H2,1H3,(H2,8,11)/t4-/m0/s1. The van der Waals surface area contributed by atoms with Gasteiger partial charge in [0.2, 0.25) is 6.10 Å². The summed E-state index contributed by atoms with van der Waals surface area (Å²) < 4.78 is 8.90. The second kappa shape index (κ2) is 3.56. The molecule has 0 saturated carbocycles. The summed E-state index contributed by atoms with van der Waals surface area (Å²) in [5.74, 6) is -0.383. The van der Waals surface area contributed by atoms with Gasteiger partial charge in [-0.25, -0.2) is 9.42 Å². The number of rotatable bonds is 2. The number of nitrogens with two attached hydrogens (primary N) is 1. The van der Waals surface area contributed by atoms with E-state index in [0.717, 1.165) is 0 Å². The summed E-state index contributed by atoms with van der Waals surface area (Å²) in [4.78, 5) is 15.9. The number of esters is 1. The topological polar surface area (TPSA) is 113 Å². The van der Waals surface area contributed by atoms with Crippen LogP contribution >= 0.6 is 0 Å². The number of nitrogen functional groups attached to an aromatic ring is 1. The molecule has 0 amide bonds. The third-order valence-electron chi connectivity index (χ3n) is 1.92. The molecule has 1 atom stereocenters. The Morgan fingerprint density at radius 2 is 2.40 bits per heavy atom. The number of oxime groups is 1. The quantitative estimate of drug-likeness (QED) is 0.646. The molecule has 0 unspecified atom stereocenters. The summed E-state index contributed by atoms with van der Waals surface area (Å²) in [7, 11) is 1.27. The zero-order chi connectivity index (χ0) is 10.8. The molecule has 1 aliphatic rings. The molecule has 0 bridgehead atoms. The van der Waals surface area contributed by atoms with Crippen molar-refractivity contribution < 1.29 is 19.0 Å². The van der Waals surface area contributed by atoms with Gasteiger partial charge in [-0.3, -0.25) is 0 Å². The molecule has 2 heterocycles. The molecule has 80 valence electrons. The second-order valence-electron chi connectivity index (χ2n) is 2.86. The molecule has 0 aromatic carbocycles. The first-order chi connectivity index (χ1) is 7.22. The average Bonchev–Trinajstić information content (AvgIpc) is 2.84. The van der Waals surface area contributed by atoms with Crippen LogP contribution in [0.15, 0.2) is 9.78 Å². The fraction of sp³-hybridized carbons (Fsp3) is 0.429. The Morgan fingerprint density at radius 3 is 3.00 bits per heavy atom. The fourth-order valence-electron chi connectivity index (χ4n) is 1.17. The molecule has 1 aliphatic heterocycles. The van der Waals surface area contributed by atoms with Gasteiger partial charge >= 0.3 is 5.97 Å². The van der Waals surface area contributed by atoms with E-state index in [2.05, 4.69) is 24.8 Å². The van der Waals surface area contributed by atoms with Gasteiger partial charge in [0.15, 0.2) is 11.5 Å². The van der Waals surface area contributed by atoms with Gasteiger partial charge in [-0.05, 0) is 10.3 Å². The highest BCUT2D eigenvalue weighted by Crippen LogP contribution is 2.18. The lowest BCUT2D eigenvalue weighted by Gasteiger charge is -2.03. The van der Waals surface area contributed by atoms with Crippen molar-refractivity contribution in [2.24, 2.45) is 5.16 Å². The van der Waals surface area contributed by atoms with Crippen LogP contribution in [-0.2, 0) is 14.4 Å². The first-order valence-electron chi connectivity index (χ1n) is 4.11. The van der Waals surface area contributed by atoms with Crippen molar-refractivity contribution in [1.82, 2.24) is 10.3 Å². The van der Waals surface area contributed by atoms with Crippen molar-refractivity contribution in [3.05, 3.63) is 5.69 Å². The lowest BCUT2D eigenvalue weighted by molar-refractivity contribution is -0.152. The highest BCUT2D eigenvalue weighted by Gasteiger charge is 2.32. The van der Waals surface area contributed by atoms with Gasteiger partial charge < -0.3 is 15.3 Å². The van der Waals surface area contributed by atoms with E-state index >= 15 is 0 Å². The van der Waals surface area contributed by atoms with Gasteiger partial charge in [-0.1, -0.05) is 5.16 Å². The summed E-state index contributed by atoms with van der Waals surface area (Å²) in [6.45, 7) is 0. The highest BCUT2D eigenvalue weighted by molar-refractivity contribution is 6.04. The van der Waals surface area contributed by atoms with E-state index in [1.807, 2.05) is 0 Å². The van der Waals surface area contributed by atoms with Gasteiger partial charge in [0.25, 0.3) is 0 Å². The normalized spacial score (nSPS) is 19.5. The SMILES string of the molecule is COC(=O)[C@@H]1CC(c2nonc2N)=NO1. The van der Waals surface area contributed by atoms with E-state index in [1.165, 1.54) is 7.11 Å². The molecule has 1 aromatic rings. The predicted octanol–water partition coefficient (Wildman–Crippen LogP) is -0.682. The van der Waals surface area contributed by atoms with Crippen molar-refractivity contribution >= 4 is 17.5 Å². The number of anilines is 1. The van der Waals surface area contributed by atoms with Crippen molar-refractivity contribution in [2.75, 3.05) is 12.8 Å². The summed E-state index contributed by atoms with van der Waals surface area (Å²) in [5, 5.41) is 10.6. The third-order valence-corrected chi connectivity index (χ3v) is 1.92. The van der Waals surface area contributed by atoms with Crippen molar-refractivity contribution in [3.63, 3.8) is 0 Å². The molecule has 0 aliphatic carbocycles. The van der Waals surface area contributed by atoms with Gasteiger partial charge in [0.05, 0.1) is 7.11 Å². The van der Waals surface area contributed by atoms with Crippen LogP contribution in [0.4, 0.5) is 5.82 Å². The monoisotopic (exact) mass is 212 g/mol.